The van der Waals surface area contributed by atoms with Crippen molar-refractivity contribution in [3.63, 3.8) is 0 Å². The molecule has 2 heterocycles. The van der Waals surface area contributed by atoms with Crippen LogP contribution in [0.3, 0.4) is 0 Å². The molecule has 4 atom stereocenters. The van der Waals surface area contributed by atoms with Crippen LogP contribution in [0.15, 0.2) is 24.4 Å². The molecule has 148 valence electrons. The van der Waals surface area contributed by atoms with Crippen molar-refractivity contribution in [3.05, 3.63) is 30.1 Å². The van der Waals surface area contributed by atoms with Crippen LogP contribution < -0.4 is 21.5 Å². The van der Waals surface area contributed by atoms with Gasteiger partial charge in [0.05, 0.1) is 12.6 Å². The van der Waals surface area contributed by atoms with E-state index < -0.39 is 0 Å². The Morgan fingerprint density at radius 2 is 2.11 bits per heavy atom. The molecule has 8 heteroatoms. The summed E-state index contributed by atoms with van der Waals surface area (Å²) >= 11 is 0. The van der Waals surface area contributed by atoms with Crippen LogP contribution in [0.25, 0.3) is 0 Å². The third kappa shape index (κ3) is 5.90. The molecule has 27 heavy (non-hydrogen) atoms. The number of nitrogens with one attached hydrogen (secondary N) is 4. The molecule has 1 saturated heterocycles. The maximum atomic E-state index is 12.2. The highest BCUT2D eigenvalue weighted by molar-refractivity contribution is 5.78. The lowest BCUT2D eigenvalue weighted by atomic mass is 9.96. The van der Waals surface area contributed by atoms with Crippen molar-refractivity contribution in [1.82, 2.24) is 26.5 Å². The number of carbonyl (C=O) groups excluding carboxylic acids is 2. The Labute approximate surface area is 159 Å². The molecule has 3 rings (SSSR count). The summed E-state index contributed by atoms with van der Waals surface area (Å²) in [5, 5.41) is 5.76. The number of pyridine rings is 1. The fraction of sp³-hybridized carbons (Fsp3) is 0.632. The van der Waals surface area contributed by atoms with Gasteiger partial charge in [-0.2, -0.15) is 0 Å². The van der Waals surface area contributed by atoms with E-state index in [0.29, 0.717) is 5.92 Å². The fourth-order valence-corrected chi connectivity index (χ4v) is 3.76. The summed E-state index contributed by atoms with van der Waals surface area (Å²) in [6, 6.07) is 5.88. The summed E-state index contributed by atoms with van der Waals surface area (Å²) in [6.45, 7) is 3.82. The summed E-state index contributed by atoms with van der Waals surface area (Å²) < 4.78 is 5.49. The predicted octanol–water partition coefficient (Wildman–Crippen LogP) is 1.24. The average Bonchev–Trinajstić information content (AvgIpc) is 3.24. The molecule has 1 aliphatic heterocycles. The van der Waals surface area contributed by atoms with Crippen LogP contribution in [-0.2, 0) is 16.0 Å². The Kier molecular flexibility index (Phi) is 6.63. The molecule has 1 aromatic rings. The first-order chi connectivity index (χ1) is 13.0. The fourth-order valence-electron chi connectivity index (χ4n) is 3.76. The van der Waals surface area contributed by atoms with E-state index in [1.807, 2.05) is 32.0 Å². The van der Waals surface area contributed by atoms with Crippen molar-refractivity contribution in [2.45, 2.75) is 70.3 Å². The van der Waals surface area contributed by atoms with E-state index in [0.717, 1.165) is 31.4 Å². The lowest BCUT2D eigenvalue weighted by molar-refractivity contribution is -0.121. The van der Waals surface area contributed by atoms with E-state index in [1.165, 1.54) is 0 Å². The van der Waals surface area contributed by atoms with Crippen molar-refractivity contribution in [1.29, 1.82) is 0 Å². The zero-order valence-corrected chi connectivity index (χ0v) is 15.9. The number of nitrogens with zero attached hydrogens (tertiary/aromatic N) is 1. The van der Waals surface area contributed by atoms with Gasteiger partial charge in [-0.3, -0.25) is 15.2 Å². The third-order valence-corrected chi connectivity index (χ3v) is 5.01. The summed E-state index contributed by atoms with van der Waals surface area (Å²) in [5.74, 6) is 0.374. The van der Waals surface area contributed by atoms with Gasteiger partial charge < -0.3 is 15.4 Å². The predicted molar refractivity (Wildman–Crippen MR) is 100 cm³/mol. The van der Waals surface area contributed by atoms with E-state index in [9.17, 15) is 9.59 Å². The van der Waals surface area contributed by atoms with Gasteiger partial charge in [-0.1, -0.05) is 6.07 Å². The van der Waals surface area contributed by atoms with Gasteiger partial charge in [0.25, 0.3) is 0 Å². The lowest BCUT2D eigenvalue weighted by Gasteiger charge is -2.18. The normalized spacial score (nSPS) is 27.5. The second-order valence-electron chi connectivity index (χ2n) is 7.65. The van der Waals surface area contributed by atoms with Crippen LogP contribution in [0.4, 0.5) is 4.79 Å². The zero-order chi connectivity index (χ0) is 19.2. The van der Waals surface area contributed by atoms with Crippen molar-refractivity contribution < 1.29 is 14.3 Å². The first-order valence-corrected chi connectivity index (χ1v) is 9.67. The van der Waals surface area contributed by atoms with Crippen molar-refractivity contribution in [2.75, 3.05) is 0 Å². The van der Waals surface area contributed by atoms with E-state index in [2.05, 4.69) is 26.5 Å². The molecule has 0 bridgehead atoms. The third-order valence-electron chi connectivity index (χ3n) is 5.01. The second kappa shape index (κ2) is 9.14. The van der Waals surface area contributed by atoms with E-state index in [4.69, 9.17) is 4.74 Å². The Bertz CT molecular complexity index is 639. The van der Waals surface area contributed by atoms with Gasteiger partial charge in [0.2, 0.25) is 5.91 Å². The number of ether oxygens (including phenoxy) is 1. The highest BCUT2D eigenvalue weighted by atomic mass is 16.6. The first-order valence-electron chi connectivity index (χ1n) is 9.67. The highest BCUT2D eigenvalue weighted by Gasteiger charge is 2.37. The Morgan fingerprint density at radius 1 is 1.26 bits per heavy atom. The molecular formula is C19H29N5O3. The van der Waals surface area contributed by atoms with E-state index in [1.54, 1.807) is 6.20 Å². The summed E-state index contributed by atoms with van der Waals surface area (Å²) in [7, 11) is 0. The van der Waals surface area contributed by atoms with Crippen LogP contribution in [0, 0.1) is 5.92 Å². The van der Waals surface area contributed by atoms with Gasteiger partial charge in [0.1, 0.15) is 6.10 Å². The summed E-state index contributed by atoms with van der Waals surface area (Å²) in [4.78, 5) is 28.1. The largest absolute Gasteiger partial charge is 0.446 e. The number of hydrazine groups is 1. The molecule has 2 aliphatic rings. The van der Waals surface area contributed by atoms with Crippen molar-refractivity contribution in [2.24, 2.45) is 5.92 Å². The maximum Gasteiger partial charge on any atom is 0.407 e. The van der Waals surface area contributed by atoms with Gasteiger partial charge in [-0.05, 0) is 57.6 Å². The molecule has 1 aromatic heterocycles. The smallest absolute Gasteiger partial charge is 0.407 e. The molecule has 1 aliphatic carbocycles. The van der Waals surface area contributed by atoms with Crippen LogP contribution in [-0.4, -0.2) is 41.3 Å². The molecule has 0 spiro atoms. The first kappa shape index (κ1) is 19.6. The molecule has 1 saturated carbocycles. The van der Waals surface area contributed by atoms with Crippen molar-refractivity contribution in [3.8, 4) is 0 Å². The maximum absolute atomic E-state index is 12.2. The van der Waals surface area contributed by atoms with Crippen LogP contribution in [0.2, 0.25) is 0 Å². The van der Waals surface area contributed by atoms with Crippen LogP contribution >= 0.6 is 0 Å². The van der Waals surface area contributed by atoms with E-state index in [-0.39, 0.29) is 42.8 Å². The minimum atomic E-state index is -0.340. The topological polar surface area (TPSA) is 104 Å². The number of hydrogen-bond acceptors (Lipinski definition) is 6. The molecule has 2 amide bonds. The molecule has 8 nitrogen and oxygen atoms in total. The standard InChI is InChI=1S/C19H29N5O3/c1-12(2)21-19(26)27-15-7-6-13(9-15)16-11-17(24-23-16)22-18(25)10-14-5-3-4-8-20-14/h3-5,8,12-13,15-17,23-24H,6-7,9-11H2,1-2H3,(H,21,26)(H,22,25)/t13-,15+,16?,17?/m1/s1. The molecule has 2 fully saturated rings. The Hall–Kier alpha value is -2.19. The number of carbonyl (C=O) groups is 2. The molecular weight excluding hydrogens is 346 g/mol. The zero-order valence-electron chi connectivity index (χ0n) is 15.9. The summed E-state index contributed by atoms with van der Waals surface area (Å²) in [6.07, 6.45) is 5.03. The number of aromatic nitrogens is 1. The van der Waals surface area contributed by atoms with Crippen LogP contribution in [0.1, 0.15) is 45.2 Å². The lowest BCUT2D eigenvalue weighted by Crippen LogP contribution is -2.45. The number of amides is 2. The van der Waals surface area contributed by atoms with Crippen molar-refractivity contribution >= 4 is 12.0 Å². The Morgan fingerprint density at radius 3 is 2.85 bits per heavy atom. The second-order valence-corrected chi connectivity index (χ2v) is 7.65. The van der Waals surface area contributed by atoms with Gasteiger partial charge in [0.15, 0.2) is 0 Å². The minimum absolute atomic E-state index is 0.0339. The quantitative estimate of drug-likeness (QED) is 0.596. The van der Waals surface area contributed by atoms with Gasteiger partial charge >= 0.3 is 6.09 Å². The average molecular weight is 375 g/mol. The van der Waals surface area contributed by atoms with Gasteiger partial charge in [-0.15, -0.1) is 0 Å². The monoisotopic (exact) mass is 375 g/mol. The SMILES string of the molecule is CC(C)NC(=O)O[C@H]1CC[C@@H](C2CC(NC(=O)Cc3ccccn3)NN2)C1. The minimum Gasteiger partial charge on any atom is -0.446 e. The number of hydrogen-bond donors (Lipinski definition) is 4. The van der Waals surface area contributed by atoms with E-state index >= 15 is 0 Å². The Balaban J connectivity index is 1.39. The van der Waals surface area contributed by atoms with Gasteiger partial charge in [-0.25, -0.2) is 10.2 Å². The number of rotatable bonds is 6. The number of alkyl carbamates (subject to hydrolysis) is 1. The van der Waals surface area contributed by atoms with Crippen LogP contribution in [0.5, 0.6) is 0 Å². The van der Waals surface area contributed by atoms with Gasteiger partial charge in [0, 0.05) is 24.0 Å². The molecule has 0 aromatic carbocycles. The molecule has 4 N–H and O–H groups in total. The summed E-state index contributed by atoms with van der Waals surface area (Å²) in [5.41, 5.74) is 7.20. The molecule has 2 unspecified atom stereocenters. The highest BCUT2D eigenvalue weighted by Crippen LogP contribution is 2.32. The molecule has 0 radical (unpaired) electrons.